The van der Waals surface area contributed by atoms with Crippen LogP contribution in [0.1, 0.15) is 51.9 Å². The summed E-state index contributed by atoms with van der Waals surface area (Å²) in [5.74, 6) is 0.544. The third-order valence-corrected chi connectivity index (χ3v) is 3.74. The predicted octanol–water partition coefficient (Wildman–Crippen LogP) is 3.25. The van der Waals surface area contributed by atoms with Crippen molar-refractivity contribution < 1.29 is 4.79 Å². The molecule has 0 aromatic carbocycles. The fourth-order valence-electron chi connectivity index (χ4n) is 2.64. The molecule has 0 heterocycles. The molecule has 0 aromatic heterocycles. The highest BCUT2D eigenvalue weighted by molar-refractivity contribution is 5.85. The average molecular weight is 178 g/mol. The lowest BCUT2D eigenvalue weighted by Crippen LogP contribution is -2.35. The summed E-state index contributed by atoms with van der Waals surface area (Å²) in [7, 11) is 0. The van der Waals surface area contributed by atoms with E-state index in [2.05, 4.69) is 13.0 Å². The maximum Gasteiger partial charge on any atom is 0.139 e. The van der Waals surface area contributed by atoms with Crippen LogP contribution in [0.5, 0.6) is 0 Å². The Bertz CT molecular complexity index is 252. The molecule has 2 aliphatic rings. The van der Waals surface area contributed by atoms with E-state index >= 15 is 0 Å². The van der Waals surface area contributed by atoms with Crippen LogP contribution in [0.2, 0.25) is 0 Å². The summed E-state index contributed by atoms with van der Waals surface area (Å²) in [5.41, 5.74) is 1.56. The van der Waals surface area contributed by atoms with E-state index in [1.807, 2.05) is 0 Å². The quantitative estimate of drug-likeness (QED) is 0.520. The Morgan fingerprint density at radius 3 is 2.69 bits per heavy atom. The van der Waals surface area contributed by atoms with Gasteiger partial charge in [-0.1, -0.05) is 18.1 Å². The van der Waals surface area contributed by atoms with E-state index in [-0.39, 0.29) is 5.41 Å². The monoisotopic (exact) mass is 178 g/mol. The maximum atomic E-state index is 11.8. The summed E-state index contributed by atoms with van der Waals surface area (Å²) in [6.07, 6.45) is 9.95. The van der Waals surface area contributed by atoms with E-state index in [1.165, 1.54) is 12.0 Å². The lowest BCUT2D eigenvalue weighted by molar-refractivity contribution is -0.131. The minimum Gasteiger partial charge on any atom is -0.299 e. The van der Waals surface area contributed by atoms with Crippen molar-refractivity contribution in [3.8, 4) is 0 Å². The summed E-state index contributed by atoms with van der Waals surface area (Å²) in [4.78, 5) is 11.8. The van der Waals surface area contributed by atoms with Crippen molar-refractivity contribution in [3.63, 3.8) is 0 Å². The zero-order valence-electron chi connectivity index (χ0n) is 8.44. The summed E-state index contributed by atoms with van der Waals surface area (Å²) >= 11 is 0. The van der Waals surface area contributed by atoms with Gasteiger partial charge in [-0.3, -0.25) is 4.79 Å². The molecule has 1 unspecified atom stereocenters. The smallest absolute Gasteiger partial charge is 0.139 e. The Morgan fingerprint density at radius 1 is 1.23 bits per heavy atom. The van der Waals surface area contributed by atoms with Gasteiger partial charge in [-0.15, -0.1) is 0 Å². The number of hydrogen-bond acceptors (Lipinski definition) is 1. The van der Waals surface area contributed by atoms with Crippen LogP contribution < -0.4 is 0 Å². The fourth-order valence-corrected chi connectivity index (χ4v) is 2.64. The lowest BCUT2D eigenvalue weighted by atomic mass is 9.65. The molecule has 1 heteroatoms. The Labute approximate surface area is 80.2 Å². The van der Waals surface area contributed by atoms with Gasteiger partial charge in [-0.2, -0.15) is 0 Å². The molecule has 1 spiro atoms. The zero-order valence-corrected chi connectivity index (χ0v) is 8.44. The third kappa shape index (κ3) is 1.56. The summed E-state index contributed by atoms with van der Waals surface area (Å²) < 4.78 is 0. The van der Waals surface area contributed by atoms with Gasteiger partial charge in [0.05, 0.1) is 0 Å². The average Bonchev–Trinajstić information content (AvgIpc) is 2.15. The minimum absolute atomic E-state index is 0.0811. The van der Waals surface area contributed by atoms with Crippen molar-refractivity contribution in [1.29, 1.82) is 0 Å². The molecular formula is C12H18O. The SMILES string of the molecule is CC1=CCC2(CCCCC2=O)CC1. The molecule has 0 aromatic rings. The molecule has 0 aliphatic heterocycles. The van der Waals surface area contributed by atoms with Gasteiger partial charge >= 0.3 is 0 Å². The van der Waals surface area contributed by atoms with Crippen LogP contribution in [-0.4, -0.2) is 5.78 Å². The lowest BCUT2D eigenvalue weighted by Gasteiger charge is -2.37. The molecule has 2 aliphatic carbocycles. The molecule has 1 fully saturated rings. The Hall–Kier alpha value is -0.590. The third-order valence-electron chi connectivity index (χ3n) is 3.74. The van der Waals surface area contributed by atoms with Gasteiger partial charge in [-0.25, -0.2) is 0 Å². The van der Waals surface area contributed by atoms with Crippen LogP contribution in [0.3, 0.4) is 0 Å². The van der Waals surface area contributed by atoms with Gasteiger partial charge < -0.3 is 0 Å². The van der Waals surface area contributed by atoms with Crippen LogP contribution in [-0.2, 0) is 4.79 Å². The number of allylic oxidation sites excluding steroid dienone is 2. The van der Waals surface area contributed by atoms with Gasteiger partial charge in [0.1, 0.15) is 5.78 Å². The normalized spacial score (nSPS) is 34.8. The van der Waals surface area contributed by atoms with Crippen molar-refractivity contribution in [2.24, 2.45) is 5.41 Å². The second-order valence-electron chi connectivity index (χ2n) is 4.67. The first-order valence-corrected chi connectivity index (χ1v) is 5.42. The molecule has 0 radical (unpaired) electrons. The first-order chi connectivity index (χ1) is 6.23. The van der Waals surface area contributed by atoms with E-state index in [0.717, 1.165) is 38.5 Å². The molecule has 0 bridgehead atoms. The Kier molecular flexibility index (Phi) is 2.27. The molecule has 0 amide bonds. The van der Waals surface area contributed by atoms with Crippen LogP contribution in [0.15, 0.2) is 11.6 Å². The van der Waals surface area contributed by atoms with Gasteiger partial charge in [0.25, 0.3) is 0 Å². The van der Waals surface area contributed by atoms with Crippen molar-refractivity contribution >= 4 is 5.78 Å². The Morgan fingerprint density at radius 2 is 2.08 bits per heavy atom. The first-order valence-electron chi connectivity index (χ1n) is 5.42. The highest BCUT2D eigenvalue weighted by Gasteiger charge is 2.39. The summed E-state index contributed by atoms with van der Waals surface area (Å²) in [5, 5.41) is 0. The van der Waals surface area contributed by atoms with Crippen LogP contribution in [0, 0.1) is 5.41 Å². The molecular weight excluding hydrogens is 160 g/mol. The number of carbonyl (C=O) groups is 1. The summed E-state index contributed by atoms with van der Waals surface area (Å²) in [6, 6.07) is 0. The fraction of sp³-hybridized carbons (Fsp3) is 0.750. The van der Waals surface area contributed by atoms with E-state index in [0.29, 0.717) is 5.78 Å². The van der Waals surface area contributed by atoms with Crippen molar-refractivity contribution in [1.82, 2.24) is 0 Å². The van der Waals surface area contributed by atoms with E-state index in [9.17, 15) is 4.79 Å². The molecule has 0 N–H and O–H groups in total. The number of ketones is 1. The predicted molar refractivity (Wildman–Crippen MR) is 53.5 cm³/mol. The van der Waals surface area contributed by atoms with Crippen molar-refractivity contribution in [3.05, 3.63) is 11.6 Å². The highest BCUT2D eigenvalue weighted by atomic mass is 16.1. The van der Waals surface area contributed by atoms with E-state index in [4.69, 9.17) is 0 Å². The molecule has 1 nitrogen and oxygen atoms in total. The number of Topliss-reactive ketones (excluding diaryl/α,β-unsaturated/α-hetero) is 1. The van der Waals surface area contributed by atoms with Crippen LogP contribution >= 0.6 is 0 Å². The number of rotatable bonds is 0. The van der Waals surface area contributed by atoms with Gasteiger partial charge in [0.15, 0.2) is 0 Å². The first kappa shape index (κ1) is 8.98. The second-order valence-corrected chi connectivity index (χ2v) is 4.67. The largest absolute Gasteiger partial charge is 0.299 e. The number of hydrogen-bond donors (Lipinski definition) is 0. The molecule has 1 atom stereocenters. The van der Waals surface area contributed by atoms with Crippen molar-refractivity contribution in [2.75, 3.05) is 0 Å². The standard InChI is InChI=1S/C12H18O/c1-10-5-8-12(9-6-10)7-3-2-4-11(12)13/h5H,2-4,6-9H2,1H3. The molecule has 13 heavy (non-hydrogen) atoms. The van der Waals surface area contributed by atoms with E-state index in [1.54, 1.807) is 0 Å². The summed E-state index contributed by atoms with van der Waals surface area (Å²) in [6.45, 7) is 2.18. The highest BCUT2D eigenvalue weighted by Crippen LogP contribution is 2.44. The van der Waals surface area contributed by atoms with Gasteiger partial charge in [0.2, 0.25) is 0 Å². The molecule has 0 saturated heterocycles. The number of carbonyl (C=O) groups excluding carboxylic acids is 1. The zero-order chi connectivity index (χ0) is 9.31. The van der Waals surface area contributed by atoms with Crippen LogP contribution in [0.4, 0.5) is 0 Å². The minimum atomic E-state index is 0.0811. The maximum absolute atomic E-state index is 11.8. The molecule has 2 rings (SSSR count). The van der Waals surface area contributed by atoms with Crippen LogP contribution in [0.25, 0.3) is 0 Å². The van der Waals surface area contributed by atoms with Gasteiger partial charge in [0, 0.05) is 11.8 Å². The van der Waals surface area contributed by atoms with Gasteiger partial charge in [-0.05, 0) is 39.0 Å². The Balaban J connectivity index is 2.15. The molecule has 1 saturated carbocycles. The van der Waals surface area contributed by atoms with E-state index < -0.39 is 0 Å². The van der Waals surface area contributed by atoms with Crippen molar-refractivity contribution in [2.45, 2.75) is 51.9 Å². The second kappa shape index (κ2) is 3.28. The molecule has 72 valence electrons. The topological polar surface area (TPSA) is 17.1 Å².